The summed E-state index contributed by atoms with van der Waals surface area (Å²) in [5.74, 6) is -0.679. The lowest BCUT2D eigenvalue weighted by Gasteiger charge is -2.30. The zero-order valence-corrected chi connectivity index (χ0v) is 10.8. The topological polar surface area (TPSA) is 37.3 Å². The van der Waals surface area contributed by atoms with Crippen LogP contribution in [0.15, 0.2) is 29.7 Å². The lowest BCUT2D eigenvalue weighted by molar-refractivity contribution is -0.132. The predicted octanol–water partition coefficient (Wildman–Crippen LogP) is 3.91. The minimum absolute atomic E-state index is 0.0449. The molecule has 1 rings (SSSR count). The number of carboxylic acids is 1. The number of hydrogen-bond acceptors (Lipinski definition) is 2. The number of carbonyl (C=O) groups is 1. The molecule has 2 nitrogen and oxygen atoms in total. The Labute approximate surface area is 101 Å². The molecule has 0 saturated heterocycles. The summed E-state index contributed by atoms with van der Waals surface area (Å²) in [6.07, 6.45) is 0.513. The van der Waals surface area contributed by atoms with Crippen LogP contribution in [0, 0.1) is 5.41 Å². The highest BCUT2D eigenvalue weighted by Gasteiger charge is 2.28. The smallest absolute Gasteiger partial charge is 0.330 e. The van der Waals surface area contributed by atoms with Crippen LogP contribution in [0.3, 0.4) is 0 Å². The third-order valence-electron chi connectivity index (χ3n) is 2.68. The average Bonchev–Trinajstić information content (AvgIpc) is 2.63. The Kier molecular flexibility index (Phi) is 3.92. The molecule has 3 heteroatoms. The molecular weight excluding hydrogens is 220 g/mol. The van der Waals surface area contributed by atoms with E-state index in [1.807, 2.05) is 11.4 Å². The van der Waals surface area contributed by atoms with E-state index in [2.05, 4.69) is 33.4 Å². The molecule has 0 radical (unpaired) electrons. The maximum atomic E-state index is 10.8. The van der Waals surface area contributed by atoms with Gasteiger partial charge in [0.15, 0.2) is 0 Å². The summed E-state index contributed by atoms with van der Waals surface area (Å²) in [5, 5.41) is 10.9. The van der Waals surface area contributed by atoms with E-state index < -0.39 is 5.97 Å². The highest BCUT2D eigenvalue weighted by atomic mass is 32.1. The molecule has 1 atom stereocenters. The van der Waals surface area contributed by atoms with Gasteiger partial charge in [-0.1, -0.05) is 33.4 Å². The van der Waals surface area contributed by atoms with Gasteiger partial charge in [-0.25, -0.2) is 4.79 Å². The highest BCUT2D eigenvalue weighted by Crippen LogP contribution is 2.41. The fraction of sp³-hybridized carbons (Fsp3) is 0.462. The Morgan fingerprint density at radius 1 is 1.56 bits per heavy atom. The summed E-state index contributed by atoms with van der Waals surface area (Å²) in [5.41, 5.74) is 0.330. The first-order valence-electron chi connectivity index (χ1n) is 5.27. The largest absolute Gasteiger partial charge is 0.478 e. The summed E-state index contributed by atoms with van der Waals surface area (Å²) in [6.45, 7) is 10.0. The molecule has 1 aromatic rings. The fourth-order valence-corrected chi connectivity index (χ4v) is 2.73. The van der Waals surface area contributed by atoms with Crippen LogP contribution in [0.2, 0.25) is 0 Å². The van der Waals surface area contributed by atoms with Crippen LogP contribution >= 0.6 is 11.3 Å². The number of thiophene rings is 1. The van der Waals surface area contributed by atoms with Gasteiger partial charge in [0.05, 0.1) is 0 Å². The van der Waals surface area contributed by atoms with Crippen LogP contribution in [-0.2, 0) is 4.79 Å². The second-order valence-electron chi connectivity index (χ2n) is 5.05. The first-order chi connectivity index (χ1) is 7.32. The maximum absolute atomic E-state index is 10.8. The lowest BCUT2D eigenvalue weighted by Crippen LogP contribution is -2.19. The van der Waals surface area contributed by atoms with Crippen LogP contribution in [0.25, 0.3) is 0 Å². The van der Waals surface area contributed by atoms with Crippen LogP contribution in [-0.4, -0.2) is 11.1 Å². The van der Waals surface area contributed by atoms with Gasteiger partial charge in [-0.15, -0.1) is 11.3 Å². The first kappa shape index (κ1) is 13.0. The molecule has 0 aliphatic rings. The summed E-state index contributed by atoms with van der Waals surface area (Å²) < 4.78 is 0. The predicted molar refractivity (Wildman–Crippen MR) is 67.9 cm³/mol. The monoisotopic (exact) mass is 238 g/mol. The summed E-state index contributed by atoms with van der Waals surface area (Å²) in [7, 11) is 0. The Bertz CT molecular complexity index is 371. The van der Waals surface area contributed by atoms with Crippen molar-refractivity contribution in [3.05, 3.63) is 34.5 Å². The molecule has 1 N–H and O–H groups in total. The van der Waals surface area contributed by atoms with Crippen molar-refractivity contribution in [2.75, 3.05) is 0 Å². The van der Waals surface area contributed by atoms with Gasteiger partial charge in [-0.2, -0.15) is 0 Å². The summed E-state index contributed by atoms with van der Waals surface area (Å²) in [4.78, 5) is 12.1. The number of carboxylic acid groups (broad SMARTS) is 1. The van der Waals surface area contributed by atoms with E-state index in [1.54, 1.807) is 11.3 Å². The van der Waals surface area contributed by atoms with E-state index in [1.165, 1.54) is 4.88 Å². The van der Waals surface area contributed by atoms with Gasteiger partial charge in [-0.3, -0.25) is 0 Å². The Morgan fingerprint density at radius 3 is 2.56 bits per heavy atom. The minimum Gasteiger partial charge on any atom is -0.478 e. The van der Waals surface area contributed by atoms with Crippen LogP contribution < -0.4 is 0 Å². The molecule has 16 heavy (non-hydrogen) atoms. The van der Waals surface area contributed by atoms with E-state index in [0.717, 1.165) is 0 Å². The number of aliphatic carboxylic acids is 1. The molecule has 0 aliphatic carbocycles. The fourth-order valence-electron chi connectivity index (χ4n) is 1.66. The Hall–Kier alpha value is -1.09. The second kappa shape index (κ2) is 4.83. The van der Waals surface area contributed by atoms with Gasteiger partial charge < -0.3 is 5.11 Å². The third kappa shape index (κ3) is 3.20. The first-order valence-corrected chi connectivity index (χ1v) is 6.15. The number of hydrogen-bond donors (Lipinski definition) is 1. The quantitative estimate of drug-likeness (QED) is 0.807. The number of rotatable bonds is 4. The van der Waals surface area contributed by atoms with Crippen molar-refractivity contribution in [1.82, 2.24) is 0 Å². The Balaban J connectivity index is 2.90. The van der Waals surface area contributed by atoms with Crippen molar-refractivity contribution in [2.24, 2.45) is 5.41 Å². The normalized spacial score (nSPS) is 13.4. The zero-order valence-electron chi connectivity index (χ0n) is 9.99. The highest BCUT2D eigenvalue weighted by molar-refractivity contribution is 7.10. The standard InChI is InChI=1S/C13H18O2S/c1-9(12(14)15)8-10(13(2,3)4)11-6-5-7-16-11/h5-7,10H,1,8H2,2-4H3,(H,14,15). The van der Waals surface area contributed by atoms with Gasteiger partial charge >= 0.3 is 5.97 Å². The van der Waals surface area contributed by atoms with E-state index in [-0.39, 0.29) is 16.9 Å². The average molecular weight is 238 g/mol. The molecule has 1 aromatic heterocycles. The van der Waals surface area contributed by atoms with Crippen LogP contribution in [0.1, 0.15) is 38.0 Å². The van der Waals surface area contributed by atoms with Gasteiger partial charge in [0.25, 0.3) is 0 Å². The van der Waals surface area contributed by atoms with Gasteiger partial charge in [0.2, 0.25) is 0 Å². The lowest BCUT2D eigenvalue weighted by atomic mass is 9.76. The van der Waals surface area contributed by atoms with Crippen molar-refractivity contribution in [1.29, 1.82) is 0 Å². The maximum Gasteiger partial charge on any atom is 0.330 e. The van der Waals surface area contributed by atoms with E-state index >= 15 is 0 Å². The van der Waals surface area contributed by atoms with Crippen LogP contribution in [0.4, 0.5) is 0 Å². The van der Waals surface area contributed by atoms with Crippen molar-refractivity contribution in [2.45, 2.75) is 33.1 Å². The zero-order chi connectivity index (χ0) is 12.3. The van der Waals surface area contributed by atoms with E-state index in [9.17, 15) is 4.79 Å². The molecule has 0 aromatic carbocycles. The molecule has 0 saturated carbocycles. The summed E-state index contributed by atoms with van der Waals surface area (Å²) >= 11 is 1.68. The molecule has 0 amide bonds. The molecule has 0 aliphatic heterocycles. The van der Waals surface area contributed by atoms with Gasteiger partial charge in [-0.05, 0) is 23.3 Å². The second-order valence-corrected chi connectivity index (χ2v) is 6.03. The van der Waals surface area contributed by atoms with Crippen molar-refractivity contribution in [3.63, 3.8) is 0 Å². The van der Waals surface area contributed by atoms with Gasteiger partial charge in [0.1, 0.15) is 0 Å². The molecule has 0 fully saturated rings. The molecular formula is C13H18O2S. The summed E-state index contributed by atoms with van der Waals surface area (Å²) in [6, 6.07) is 4.07. The minimum atomic E-state index is -0.897. The molecule has 88 valence electrons. The van der Waals surface area contributed by atoms with E-state index in [0.29, 0.717) is 6.42 Å². The van der Waals surface area contributed by atoms with Crippen molar-refractivity contribution >= 4 is 17.3 Å². The van der Waals surface area contributed by atoms with Crippen LogP contribution in [0.5, 0.6) is 0 Å². The van der Waals surface area contributed by atoms with Gasteiger partial charge in [0, 0.05) is 16.4 Å². The molecule has 0 spiro atoms. The Morgan fingerprint density at radius 2 is 2.19 bits per heavy atom. The van der Waals surface area contributed by atoms with E-state index in [4.69, 9.17) is 5.11 Å². The molecule has 0 bridgehead atoms. The molecule has 1 unspecified atom stereocenters. The molecule has 1 heterocycles. The third-order valence-corrected chi connectivity index (χ3v) is 3.67. The SMILES string of the molecule is C=C(CC(c1cccs1)C(C)(C)C)C(=O)O. The van der Waals surface area contributed by atoms with Crippen molar-refractivity contribution < 1.29 is 9.90 Å². The van der Waals surface area contributed by atoms with Crippen molar-refractivity contribution in [3.8, 4) is 0 Å².